The number of benzene rings is 1. The lowest BCUT2D eigenvalue weighted by Crippen LogP contribution is -2.44. The number of nitrogens with zero attached hydrogens (tertiary/aromatic N) is 3. The molecule has 3 rings (SSSR count). The van der Waals surface area contributed by atoms with E-state index in [0.717, 1.165) is 69.0 Å². The maximum atomic E-state index is 12.2. The van der Waals surface area contributed by atoms with Crippen LogP contribution in [-0.2, 0) is 13.0 Å². The van der Waals surface area contributed by atoms with Crippen LogP contribution in [-0.4, -0.2) is 40.1 Å². The molecule has 134 valence electrons. The zero-order chi connectivity index (χ0) is 17.5. The lowest BCUT2D eigenvalue weighted by Gasteiger charge is -2.31. The Hall–Kier alpha value is -2.21. The molecule has 1 aromatic carbocycles. The third-order valence-corrected chi connectivity index (χ3v) is 4.58. The summed E-state index contributed by atoms with van der Waals surface area (Å²) in [5.74, 6) is 1.51. The Morgan fingerprint density at radius 3 is 2.76 bits per heavy atom. The number of nitrogens with one attached hydrogen (secondary N) is 1. The predicted octanol–water partition coefficient (Wildman–Crippen LogP) is 2.81. The predicted molar refractivity (Wildman–Crippen MR) is 95.1 cm³/mol. The van der Waals surface area contributed by atoms with Crippen molar-refractivity contribution in [3.8, 4) is 0 Å². The fraction of sp³-hybridized carbons (Fsp3) is 0.526. The van der Waals surface area contributed by atoms with E-state index >= 15 is 0 Å². The quantitative estimate of drug-likeness (QED) is 0.838. The van der Waals surface area contributed by atoms with E-state index in [1.807, 2.05) is 30.3 Å². The van der Waals surface area contributed by atoms with Crippen molar-refractivity contribution in [1.29, 1.82) is 0 Å². The number of aryl methyl sites for hydroxylation is 1. The van der Waals surface area contributed by atoms with Gasteiger partial charge in [0.1, 0.15) is 0 Å². The summed E-state index contributed by atoms with van der Waals surface area (Å²) in [5.41, 5.74) is 0.719. The van der Waals surface area contributed by atoms with E-state index in [0.29, 0.717) is 0 Å². The maximum Gasteiger partial charge on any atom is 0.251 e. The molecule has 2 aromatic rings. The normalized spacial score (nSPS) is 16.0. The van der Waals surface area contributed by atoms with Crippen LogP contribution in [0.4, 0.5) is 0 Å². The Morgan fingerprint density at radius 2 is 2.04 bits per heavy atom. The van der Waals surface area contributed by atoms with E-state index in [4.69, 9.17) is 4.52 Å². The number of aromatic nitrogens is 2. The Balaban J connectivity index is 1.42. The summed E-state index contributed by atoms with van der Waals surface area (Å²) in [7, 11) is 0. The highest BCUT2D eigenvalue weighted by molar-refractivity contribution is 5.94. The van der Waals surface area contributed by atoms with Crippen LogP contribution in [0.25, 0.3) is 0 Å². The third kappa shape index (κ3) is 5.13. The van der Waals surface area contributed by atoms with E-state index in [1.165, 1.54) is 0 Å². The standard InChI is InChI=1S/C19H26N4O2/c1-2-3-9-18-21-17(22-25-18)14-23-12-10-16(11-13-23)20-19(24)15-7-5-4-6-8-15/h4-8,16H,2-3,9-14H2,1H3,(H,20,24). The van der Waals surface area contributed by atoms with Gasteiger partial charge in [0.15, 0.2) is 5.82 Å². The Morgan fingerprint density at radius 1 is 1.28 bits per heavy atom. The first-order valence-corrected chi connectivity index (χ1v) is 9.14. The smallest absolute Gasteiger partial charge is 0.251 e. The first kappa shape index (κ1) is 17.6. The van der Waals surface area contributed by atoms with Gasteiger partial charge in [-0.3, -0.25) is 9.69 Å². The van der Waals surface area contributed by atoms with Crippen molar-refractivity contribution in [3.63, 3.8) is 0 Å². The fourth-order valence-corrected chi connectivity index (χ4v) is 3.08. The van der Waals surface area contributed by atoms with Crippen LogP contribution in [0.15, 0.2) is 34.9 Å². The Bertz CT molecular complexity index is 663. The van der Waals surface area contributed by atoms with Crippen molar-refractivity contribution < 1.29 is 9.32 Å². The number of hydrogen-bond donors (Lipinski definition) is 1. The molecule has 0 spiro atoms. The van der Waals surface area contributed by atoms with Crippen LogP contribution >= 0.6 is 0 Å². The summed E-state index contributed by atoms with van der Waals surface area (Å²) in [5, 5.41) is 7.20. The summed E-state index contributed by atoms with van der Waals surface area (Å²) in [6.07, 6.45) is 4.95. The van der Waals surface area contributed by atoms with E-state index in [2.05, 4.69) is 27.3 Å². The molecule has 1 aromatic heterocycles. The average Bonchev–Trinajstić information content (AvgIpc) is 3.09. The van der Waals surface area contributed by atoms with Gasteiger partial charge in [-0.2, -0.15) is 4.98 Å². The largest absolute Gasteiger partial charge is 0.349 e. The number of rotatable bonds is 7. The van der Waals surface area contributed by atoms with Crippen molar-refractivity contribution >= 4 is 5.91 Å². The second kappa shape index (κ2) is 8.76. The minimum absolute atomic E-state index is 0.0118. The molecule has 0 bridgehead atoms. The molecule has 0 unspecified atom stereocenters. The first-order valence-electron chi connectivity index (χ1n) is 9.14. The van der Waals surface area contributed by atoms with Gasteiger partial charge < -0.3 is 9.84 Å². The molecule has 6 heteroatoms. The number of likely N-dealkylation sites (tertiary alicyclic amines) is 1. The zero-order valence-electron chi connectivity index (χ0n) is 14.8. The molecule has 0 atom stereocenters. The van der Waals surface area contributed by atoms with E-state index in [1.54, 1.807) is 0 Å². The van der Waals surface area contributed by atoms with Crippen LogP contribution in [0.3, 0.4) is 0 Å². The van der Waals surface area contributed by atoms with Crippen LogP contribution < -0.4 is 5.32 Å². The highest BCUT2D eigenvalue weighted by atomic mass is 16.5. The lowest BCUT2D eigenvalue weighted by molar-refractivity contribution is 0.0908. The van der Waals surface area contributed by atoms with Gasteiger partial charge in [0, 0.05) is 31.1 Å². The van der Waals surface area contributed by atoms with Crippen molar-refractivity contribution in [1.82, 2.24) is 20.4 Å². The van der Waals surface area contributed by atoms with Crippen LogP contribution in [0, 0.1) is 0 Å². The molecular formula is C19H26N4O2. The van der Waals surface area contributed by atoms with Crippen LogP contribution in [0.2, 0.25) is 0 Å². The van der Waals surface area contributed by atoms with Gasteiger partial charge >= 0.3 is 0 Å². The van der Waals surface area contributed by atoms with Gasteiger partial charge in [-0.05, 0) is 31.4 Å². The number of hydrogen-bond acceptors (Lipinski definition) is 5. The number of carbonyl (C=O) groups is 1. The molecular weight excluding hydrogens is 316 g/mol. The number of carbonyl (C=O) groups excluding carboxylic acids is 1. The number of piperidine rings is 1. The molecule has 1 amide bonds. The van der Waals surface area contributed by atoms with E-state index in [-0.39, 0.29) is 11.9 Å². The van der Waals surface area contributed by atoms with Crippen molar-refractivity contribution in [3.05, 3.63) is 47.6 Å². The van der Waals surface area contributed by atoms with Gasteiger partial charge in [0.05, 0.1) is 6.54 Å². The average molecular weight is 342 g/mol. The minimum atomic E-state index is 0.0118. The number of unbranched alkanes of at least 4 members (excludes halogenated alkanes) is 1. The van der Waals surface area contributed by atoms with E-state index < -0.39 is 0 Å². The minimum Gasteiger partial charge on any atom is -0.349 e. The third-order valence-electron chi connectivity index (χ3n) is 4.58. The van der Waals surface area contributed by atoms with Crippen molar-refractivity contribution in [2.24, 2.45) is 0 Å². The SMILES string of the molecule is CCCCc1nc(CN2CCC(NC(=O)c3ccccc3)CC2)no1. The summed E-state index contributed by atoms with van der Waals surface area (Å²) < 4.78 is 5.29. The van der Waals surface area contributed by atoms with Gasteiger partial charge in [-0.15, -0.1) is 0 Å². The Kier molecular flexibility index (Phi) is 6.17. The molecule has 1 fully saturated rings. The van der Waals surface area contributed by atoms with Gasteiger partial charge in [-0.25, -0.2) is 0 Å². The summed E-state index contributed by atoms with van der Waals surface area (Å²) >= 11 is 0. The molecule has 1 N–H and O–H groups in total. The monoisotopic (exact) mass is 342 g/mol. The Labute approximate surface area is 148 Å². The van der Waals surface area contributed by atoms with Gasteiger partial charge in [0.25, 0.3) is 5.91 Å². The maximum absolute atomic E-state index is 12.2. The molecule has 2 heterocycles. The molecule has 6 nitrogen and oxygen atoms in total. The van der Waals surface area contributed by atoms with Crippen LogP contribution in [0.1, 0.15) is 54.7 Å². The summed E-state index contributed by atoms with van der Waals surface area (Å²) in [6, 6.07) is 9.61. The lowest BCUT2D eigenvalue weighted by atomic mass is 10.0. The van der Waals surface area contributed by atoms with Gasteiger partial charge in [0.2, 0.25) is 5.89 Å². The summed E-state index contributed by atoms with van der Waals surface area (Å²) in [6.45, 7) is 4.73. The molecule has 1 aliphatic rings. The highest BCUT2D eigenvalue weighted by Crippen LogP contribution is 2.14. The van der Waals surface area contributed by atoms with E-state index in [9.17, 15) is 4.79 Å². The van der Waals surface area contributed by atoms with Crippen molar-refractivity contribution in [2.45, 2.75) is 51.6 Å². The molecule has 0 aliphatic carbocycles. The zero-order valence-corrected chi connectivity index (χ0v) is 14.8. The second-order valence-corrected chi connectivity index (χ2v) is 6.60. The first-order chi connectivity index (χ1) is 12.2. The second-order valence-electron chi connectivity index (χ2n) is 6.60. The molecule has 1 aliphatic heterocycles. The molecule has 1 saturated heterocycles. The molecule has 25 heavy (non-hydrogen) atoms. The number of amides is 1. The highest BCUT2D eigenvalue weighted by Gasteiger charge is 2.22. The topological polar surface area (TPSA) is 71.3 Å². The van der Waals surface area contributed by atoms with Crippen molar-refractivity contribution in [2.75, 3.05) is 13.1 Å². The fourth-order valence-electron chi connectivity index (χ4n) is 3.08. The van der Waals surface area contributed by atoms with Crippen LogP contribution in [0.5, 0.6) is 0 Å². The van der Waals surface area contributed by atoms with Gasteiger partial charge in [-0.1, -0.05) is 36.7 Å². The summed E-state index contributed by atoms with van der Waals surface area (Å²) in [4.78, 5) is 19.0. The molecule has 0 radical (unpaired) electrons. The molecule has 0 saturated carbocycles.